The predicted octanol–water partition coefficient (Wildman–Crippen LogP) is 3.77. The van der Waals surface area contributed by atoms with Crippen LogP contribution in [-0.4, -0.2) is 5.11 Å². The molecule has 1 aromatic rings. The van der Waals surface area contributed by atoms with Gasteiger partial charge in [-0.25, -0.2) is 0 Å². The molecule has 1 aromatic carbocycles. The maximum atomic E-state index is 10.1. The Morgan fingerprint density at radius 2 is 1.80 bits per heavy atom. The summed E-state index contributed by atoms with van der Waals surface area (Å²) in [4.78, 5) is 0. The molecule has 0 radical (unpaired) electrons. The fourth-order valence-corrected chi connectivity index (χ4v) is 1.89. The molecule has 1 unspecified atom stereocenters. The summed E-state index contributed by atoms with van der Waals surface area (Å²) in [6.07, 6.45) is 0.460. The van der Waals surface area contributed by atoms with Crippen LogP contribution in [-0.2, 0) is 0 Å². The van der Waals surface area contributed by atoms with E-state index in [2.05, 4.69) is 46.8 Å². The second-order valence-corrected chi connectivity index (χ2v) is 5.64. The first-order valence-corrected chi connectivity index (χ1v) is 5.55. The largest absolute Gasteiger partial charge is 0.388 e. The van der Waals surface area contributed by atoms with Crippen LogP contribution >= 0.6 is 0 Å². The Kier molecular flexibility index (Phi) is 3.56. The van der Waals surface area contributed by atoms with E-state index < -0.39 is 0 Å². The van der Waals surface area contributed by atoms with Crippen LogP contribution < -0.4 is 0 Å². The molecule has 0 aromatic heterocycles. The standard InChI is InChI=1S/C14H22O/c1-10-6-7-12(11(2)8-10)13(15)9-14(3,4)5/h6-8,13,15H,9H2,1-5H3. The number of hydrogen-bond acceptors (Lipinski definition) is 1. The minimum atomic E-state index is -0.342. The first-order valence-electron chi connectivity index (χ1n) is 5.55. The van der Waals surface area contributed by atoms with Crippen LogP contribution in [0.5, 0.6) is 0 Å². The van der Waals surface area contributed by atoms with E-state index in [-0.39, 0.29) is 11.5 Å². The first-order chi connectivity index (χ1) is 6.79. The van der Waals surface area contributed by atoms with Gasteiger partial charge in [-0.15, -0.1) is 0 Å². The van der Waals surface area contributed by atoms with Gasteiger partial charge in [-0.05, 0) is 36.8 Å². The highest BCUT2D eigenvalue weighted by Gasteiger charge is 2.19. The average molecular weight is 206 g/mol. The summed E-state index contributed by atoms with van der Waals surface area (Å²) >= 11 is 0. The molecule has 0 saturated carbocycles. The smallest absolute Gasteiger partial charge is 0.0797 e. The van der Waals surface area contributed by atoms with Crippen molar-refractivity contribution in [3.05, 3.63) is 34.9 Å². The number of aryl methyl sites for hydroxylation is 2. The third-order valence-electron chi connectivity index (χ3n) is 2.59. The lowest BCUT2D eigenvalue weighted by Gasteiger charge is -2.23. The highest BCUT2D eigenvalue weighted by molar-refractivity contribution is 5.32. The Balaban J connectivity index is 2.87. The Hall–Kier alpha value is -0.820. The topological polar surface area (TPSA) is 20.2 Å². The Morgan fingerprint density at radius 1 is 1.20 bits per heavy atom. The summed E-state index contributed by atoms with van der Waals surface area (Å²) in [6.45, 7) is 10.6. The van der Waals surface area contributed by atoms with Crippen molar-refractivity contribution >= 4 is 0 Å². The fourth-order valence-electron chi connectivity index (χ4n) is 1.89. The zero-order chi connectivity index (χ0) is 11.6. The molecule has 1 heteroatoms. The molecule has 15 heavy (non-hydrogen) atoms. The number of aliphatic hydroxyl groups is 1. The minimum Gasteiger partial charge on any atom is -0.388 e. The van der Waals surface area contributed by atoms with Crippen molar-refractivity contribution in [1.29, 1.82) is 0 Å². The van der Waals surface area contributed by atoms with Gasteiger partial charge in [-0.3, -0.25) is 0 Å². The van der Waals surface area contributed by atoms with Gasteiger partial charge in [0.05, 0.1) is 6.10 Å². The molecule has 1 rings (SSSR count). The van der Waals surface area contributed by atoms with E-state index in [1.54, 1.807) is 0 Å². The van der Waals surface area contributed by atoms with E-state index in [4.69, 9.17) is 0 Å². The molecule has 0 heterocycles. The molecule has 1 atom stereocenters. The molecule has 0 fully saturated rings. The highest BCUT2D eigenvalue weighted by atomic mass is 16.3. The van der Waals surface area contributed by atoms with Crippen molar-refractivity contribution in [3.63, 3.8) is 0 Å². The summed E-state index contributed by atoms with van der Waals surface area (Å²) in [7, 11) is 0. The van der Waals surface area contributed by atoms with Gasteiger partial charge in [0.2, 0.25) is 0 Å². The number of rotatable bonds is 2. The minimum absolute atomic E-state index is 0.163. The summed E-state index contributed by atoms with van der Waals surface area (Å²) in [5.41, 5.74) is 3.66. The van der Waals surface area contributed by atoms with Gasteiger partial charge in [0.1, 0.15) is 0 Å². The van der Waals surface area contributed by atoms with E-state index in [0.29, 0.717) is 0 Å². The van der Waals surface area contributed by atoms with Gasteiger partial charge in [0, 0.05) is 0 Å². The zero-order valence-corrected chi connectivity index (χ0v) is 10.5. The van der Waals surface area contributed by atoms with E-state index >= 15 is 0 Å². The molecule has 0 aliphatic rings. The second kappa shape index (κ2) is 4.36. The second-order valence-electron chi connectivity index (χ2n) is 5.64. The predicted molar refractivity (Wildman–Crippen MR) is 64.9 cm³/mol. The van der Waals surface area contributed by atoms with Gasteiger partial charge < -0.3 is 5.11 Å². The first kappa shape index (κ1) is 12.3. The van der Waals surface area contributed by atoms with E-state index in [1.807, 2.05) is 6.07 Å². The van der Waals surface area contributed by atoms with Crippen molar-refractivity contribution in [1.82, 2.24) is 0 Å². The van der Waals surface area contributed by atoms with E-state index in [1.165, 1.54) is 11.1 Å². The Morgan fingerprint density at radius 3 is 2.27 bits per heavy atom. The molecule has 0 spiro atoms. The molecule has 0 amide bonds. The van der Waals surface area contributed by atoms with Gasteiger partial charge in [0.15, 0.2) is 0 Å². The molecular formula is C14H22O. The molecule has 1 nitrogen and oxygen atoms in total. The highest BCUT2D eigenvalue weighted by Crippen LogP contribution is 2.30. The van der Waals surface area contributed by atoms with Gasteiger partial charge >= 0.3 is 0 Å². The normalized spacial score (nSPS) is 14.0. The van der Waals surface area contributed by atoms with Gasteiger partial charge in [-0.2, -0.15) is 0 Å². The van der Waals surface area contributed by atoms with E-state index in [9.17, 15) is 5.11 Å². The maximum absolute atomic E-state index is 10.1. The van der Waals surface area contributed by atoms with Crippen LogP contribution in [0.25, 0.3) is 0 Å². The van der Waals surface area contributed by atoms with Crippen molar-refractivity contribution in [2.75, 3.05) is 0 Å². The number of aliphatic hydroxyl groups excluding tert-OH is 1. The van der Waals surface area contributed by atoms with Crippen molar-refractivity contribution in [2.24, 2.45) is 5.41 Å². The molecular weight excluding hydrogens is 184 g/mol. The molecule has 1 N–H and O–H groups in total. The van der Waals surface area contributed by atoms with Gasteiger partial charge in [0.25, 0.3) is 0 Å². The summed E-state index contributed by atoms with van der Waals surface area (Å²) in [6, 6.07) is 6.23. The Bertz CT molecular complexity index is 334. The third kappa shape index (κ3) is 3.67. The molecule has 0 bridgehead atoms. The van der Waals surface area contributed by atoms with Crippen LogP contribution in [0.15, 0.2) is 18.2 Å². The van der Waals surface area contributed by atoms with Crippen LogP contribution in [0, 0.1) is 19.3 Å². The maximum Gasteiger partial charge on any atom is 0.0797 e. The number of hydrogen-bond donors (Lipinski definition) is 1. The number of benzene rings is 1. The summed E-state index contributed by atoms with van der Waals surface area (Å²) in [5.74, 6) is 0. The van der Waals surface area contributed by atoms with Crippen LogP contribution in [0.1, 0.15) is 50.0 Å². The Labute approximate surface area is 93.1 Å². The molecule has 0 saturated heterocycles. The third-order valence-corrected chi connectivity index (χ3v) is 2.59. The zero-order valence-electron chi connectivity index (χ0n) is 10.5. The summed E-state index contributed by atoms with van der Waals surface area (Å²) in [5, 5.41) is 10.1. The lowest BCUT2D eigenvalue weighted by atomic mass is 9.85. The SMILES string of the molecule is Cc1ccc(C(O)CC(C)(C)C)c(C)c1. The lowest BCUT2D eigenvalue weighted by Crippen LogP contribution is -2.12. The van der Waals surface area contributed by atoms with E-state index in [0.717, 1.165) is 12.0 Å². The quantitative estimate of drug-likeness (QED) is 0.781. The summed E-state index contributed by atoms with van der Waals surface area (Å²) < 4.78 is 0. The van der Waals surface area contributed by atoms with Crippen LogP contribution in [0.3, 0.4) is 0 Å². The molecule has 0 aliphatic heterocycles. The average Bonchev–Trinajstić information content (AvgIpc) is 1.99. The lowest BCUT2D eigenvalue weighted by molar-refractivity contribution is 0.122. The van der Waals surface area contributed by atoms with Crippen molar-refractivity contribution in [2.45, 2.75) is 47.1 Å². The molecule has 84 valence electrons. The van der Waals surface area contributed by atoms with Crippen molar-refractivity contribution in [3.8, 4) is 0 Å². The fraction of sp³-hybridized carbons (Fsp3) is 0.571. The van der Waals surface area contributed by atoms with Gasteiger partial charge in [-0.1, -0.05) is 44.5 Å². The van der Waals surface area contributed by atoms with Crippen LogP contribution in [0.2, 0.25) is 0 Å². The van der Waals surface area contributed by atoms with Crippen molar-refractivity contribution < 1.29 is 5.11 Å². The monoisotopic (exact) mass is 206 g/mol. The van der Waals surface area contributed by atoms with Crippen LogP contribution in [0.4, 0.5) is 0 Å². The molecule has 0 aliphatic carbocycles.